The van der Waals surface area contributed by atoms with Gasteiger partial charge in [0.15, 0.2) is 6.10 Å². The molecule has 0 saturated heterocycles. The van der Waals surface area contributed by atoms with Crippen molar-refractivity contribution < 1.29 is 85.6 Å². The lowest BCUT2D eigenvalue weighted by Gasteiger charge is -2.38. The van der Waals surface area contributed by atoms with Gasteiger partial charge in [-0.25, -0.2) is 9.59 Å². The average Bonchev–Trinajstić information content (AvgIpc) is 2.96. The fraction of sp³-hybridized carbons (Fsp3) is 0.481. The van der Waals surface area contributed by atoms with Gasteiger partial charge in [0.25, 0.3) is 0 Å². The molecule has 1 atom stereocenters. The third-order valence-corrected chi connectivity index (χ3v) is 6.37. The summed E-state index contributed by atoms with van der Waals surface area (Å²) in [6, 6.07) is 5.47. The number of aliphatic carboxylic acids is 1. The molecule has 270 valence electrons. The molecule has 0 heterocycles. The maximum atomic E-state index is 14.6. The largest absolute Gasteiger partial charge is 0.492 e. The smallest absolute Gasteiger partial charge is 0.460 e. The van der Waals surface area contributed by atoms with E-state index < -0.39 is 90.0 Å². The Kier molecular flexibility index (Phi) is 12.2. The summed E-state index contributed by atoms with van der Waals surface area (Å²) >= 11 is 0. The summed E-state index contributed by atoms with van der Waals surface area (Å²) in [6.07, 6.45) is -14.0. The quantitative estimate of drug-likeness (QED) is 0.184. The van der Waals surface area contributed by atoms with Crippen LogP contribution >= 0.6 is 0 Å². The van der Waals surface area contributed by atoms with E-state index in [2.05, 4.69) is 0 Å². The number of anilines is 1. The molecule has 0 aliphatic carbocycles. The van der Waals surface area contributed by atoms with Gasteiger partial charge in [-0.2, -0.15) is 61.5 Å². The van der Waals surface area contributed by atoms with Gasteiger partial charge in [0, 0.05) is 13.0 Å². The Labute approximate surface area is 261 Å². The van der Waals surface area contributed by atoms with E-state index in [4.69, 9.17) is 14.6 Å². The van der Waals surface area contributed by atoms with E-state index in [-0.39, 0.29) is 18.8 Å². The first-order valence-corrected chi connectivity index (χ1v) is 13.2. The summed E-state index contributed by atoms with van der Waals surface area (Å²) in [5, 5.41) is 10.6. The topological polar surface area (TPSA) is 88.1 Å². The van der Waals surface area contributed by atoms with Crippen LogP contribution in [0.5, 0.6) is 5.75 Å². The molecule has 0 saturated carbocycles. The summed E-state index contributed by atoms with van der Waals surface area (Å²) in [7, 11) is 0. The minimum atomic E-state index is -7.78. The first-order chi connectivity index (χ1) is 21.8. The van der Waals surface area contributed by atoms with Crippen molar-refractivity contribution in [2.24, 2.45) is 0 Å². The normalized spacial score (nSPS) is 14.0. The number of halogens is 14. The zero-order valence-corrected chi connectivity index (χ0v) is 24.1. The van der Waals surface area contributed by atoms with Gasteiger partial charge in [-0.05, 0) is 36.8 Å². The van der Waals surface area contributed by atoms with E-state index in [0.29, 0.717) is 17.7 Å². The van der Waals surface area contributed by atoms with Gasteiger partial charge in [0.1, 0.15) is 12.4 Å². The Morgan fingerprint density at radius 1 is 0.812 bits per heavy atom. The fourth-order valence-corrected chi connectivity index (χ4v) is 3.86. The van der Waals surface area contributed by atoms with Gasteiger partial charge in [0.05, 0.1) is 24.3 Å². The number of hydrogen-bond donors (Lipinski definition) is 2. The lowest BCUT2D eigenvalue weighted by atomic mass is 9.97. The van der Waals surface area contributed by atoms with Crippen LogP contribution in [0, 0.1) is 0 Å². The maximum absolute atomic E-state index is 14.6. The number of nitrogens with zero attached hydrogens (tertiary/aromatic N) is 1. The number of benzene rings is 2. The van der Waals surface area contributed by atoms with E-state index in [9.17, 15) is 71.1 Å². The molecular formula is C27H24F14N2O5. The molecule has 48 heavy (non-hydrogen) atoms. The molecular weight excluding hydrogens is 698 g/mol. The van der Waals surface area contributed by atoms with Crippen LogP contribution in [0.1, 0.15) is 18.1 Å². The summed E-state index contributed by atoms with van der Waals surface area (Å²) in [4.78, 5) is 23.4. The molecule has 1 unspecified atom stereocenters. The number of hydrogen-bond acceptors (Lipinski definition) is 4. The van der Waals surface area contributed by atoms with E-state index in [1.165, 1.54) is 24.4 Å². The van der Waals surface area contributed by atoms with Crippen LogP contribution in [0.2, 0.25) is 0 Å². The number of ether oxygens (including phenoxy) is 2. The average molecular weight is 722 g/mol. The first-order valence-electron chi connectivity index (χ1n) is 13.2. The van der Waals surface area contributed by atoms with Gasteiger partial charge in [-0.1, -0.05) is 24.3 Å². The molecule has 0 aliphatic heterocycles. The number of para-hydroxylation sites is 1. The zero-order chi connectivity index (χ0) is 36.9. The van der Waals surface area contributed by atoms with Gasteiger partial charge < -0.3 is 24.8 Å². The second kappa shape index (κ2) is 14.6. The van der Waals surface area contributed by atoms with Crippen molar-refractivity contribution in [3.05, 3.63) is 59.7 Å². The molecule has 0 aromatic heterocycles. The maximum Gasteiger partial charge on any atom is 0.460 e. The molecule has 2 aromatic rings. The SMILES string of the molecule is CCOC(Cc1ccc(OCCN(CC(F)(F)C(F)(F)C(F)(F)C(F)(F)C(F)(F)F)C(=O)Nc2ccccc2C(F)(F)F)cc1)C(=O)O. The molecule has 2 aromatic carbocycles. The number of carboxylic acids is 1. The Hall–Kier alpha value is -4.04. The Morgan fingerprint density at radius 2 is 1.38 bits per heavy atom. The number of amides is 2. The summed E-state index contributed by atoms with van der Waals surface area (Å²) in [5.74, 6) is -31.0. The Morgan fingerprint density at radius 3 is 1.88 bits per heavy atom. The van der Waals surface area contributed by atoms with Crippen molar-refractivity contribution in [1.29, 1.82) is 0 Å². The number of urea groups is 1. The van der Waals surface area contributed by atoms with Crippen molar-refractivity contribution in [3.63, 3.8) is 0 Å². The first kappa shape index (κ1) is 40.1. The predicted octanol–water partition coefficient (Wildman–Crippen LogP) is 7.75. The van der Waals surface area contributed by atoms with E-state index >= 15 is 0 Å². The minimum absolute atomic E-state index is 0.0530. The Bertz CT molecular complexity index is 1400. The van der Waals surface area contributed by atoms with Crippen LogP contribution in [0.4, 0.5) is 71.9 Å². The molecule has 2 N–H and O–H groups in total. The summed E-state index contributed by atoms with van der Waals surface area (Å²) in [5.41, 5.74) is -2.39. The van der Waals surface area contributed by atoms with Gasteiger partial charge in [0.2, 0.25) is 0 Å². The van der Waals surface area contributed by atoms with Gasteiger partial charge in [-0.3, -0.25) is 0 Å². The van der Waals surface area contributed by atoms with Crippen LogP contribution in [0.3, 0.4) is 0 Å². The molecule has 0 fully saturated rings. The van der Waals surface area contributed by atoms with Crippen LogP contribution in [-0.2, 0) is 22.1 Å². The lowest BCUT2D eigenvalue weighted by Crippen LogP contribution is -2.68. The highest BCUT2D eigenvalue weighted by atomic mass is 19.4. The number of carbonyl (C=O) groups excluding carboxylic acids is 1. The molecule has 0 aliphatic rings. The molecule has 2 amide bonds. The fourth-order valence-electron chi connectivity index (χ4n) is 3.86. The second-order valence-corrected chi connectivity index (χ2v) is 9.80. The Balaban J connectivity index is 2.37. The summed E-state index contributed by atoms with van der Waals surface area (Å²) in [6.45, 7) is -3.80. The third-order valence-electron chi connectivity index (χ3n) is 6.37. The van der Waals surface area contributed by atoms with Crippen molar-refractivity contribution in [2.45, 2.75) is 55.5 Å². The number of alkyl halides is 14. The summed E-state index contributed by atoms with van der Waals surface area (Å²) < 4.78 is 200. The van der Waals surface area contributed by atoms with Crippen molar-refractivity contribution in [2.75, 3.05) is 31.6 Å². The highest BCUT2D eigenvalue weighted by Gasteiger charge is 2.87. The monoisotopic (exact) mass is 722 g/mol. The molecule has 21 heteroatoms. The number of rotatable bonds is 15. The second-order valence-electron chi connectivity index (χ2n) is 9.80. The van der Waals surface area contributed by atoms with Gasteiger partial charge in [-0.15, -0.1) is 0 Å². The minimum Gasteiger partial charge on any atom is -0.492 e. The van der Waals surface area contributed by atoms with Gasteiger partial charge >= 0.3 is 48.0 Å². The van der Waals surface area contributed by atoms with Crippen molar-refractivity contribution in [1.82, 2.24) is 4.90 Å². The van der Waals surface area contributed by atoms with Crippen LogP contribution < -0.4 is 10.1 Å². The lowest BCUT2D eigenvalue weighted by molar-refractivity contribution is -0.422. The van der Waals surface area contributed by atoms with Crippen LogP contribution in [0.25, 0.3) is 0 Å². The number of nitrogens with one attached hydrogen (secondary N) is 1. The van der Waals surface area contributed by atoms with E-state index in [1.54, 1.807) is 0 Å². The third kappa shape index (κ3) is 8.90. The van der Waals surface area contributed by atoms with Crippen LogP contribution in [0.15, 0.2) is 48.5 Å². The molecule has 0 radical (unpaired) electrons. The van der Waals surface area contributed by atoms with Crippen LogP contribution in [-0.4, -0.2) is 84.3 Å². The van der Waals surface area contributed by atoms with E-state index in [0.717, 1.165) is 24.3 Å². The standard InChI is InChI=1S/C27H24F14N2O5/c1-2-47-19(20(44)45)13-15-7-9-16(10-8-15)48-12-11-43(21(46)42-18-6-4-3-5-17(18)23(30,31)32)14-22(28,29)24(33,34)25(35,36)26(37,38)27(39,40)41/h3-10,19H,2,11-14H2,1H3,(H,42,46)(H,44,45). The van der Waals surface area contributed by atoms with E-state index in [1.807, 2.05) is 0 Å². The van der Waals surface area contributed by atoms with Crippen molar-refractivity contribution in [3.8, 4) is 5.75 Å². The molecule has 0 bridgehead atoms. The highest BCUT2D eigenvalue weighted by Crippen LogP contribution is 2.57. The zero-order valence-electron chi connectivity index (χ0n) is 24.1. The molecule has 7 nitrogen and oxygen atoms in total. The highest BCUT2D eigenvalue weighted by molar-refractivity contribution is 5.90. The predicted molar refractivity (Wildman–Crippen MR) is 137 cm³/mol. The number of carbonyl (C=O) groups is 2. The molecule has 2 rings (SSSR count). The van der Waals surface area contributed by atoms with Crippen molar-refractivity contribution >= 4 is 17.7 Å². The molecule has 0 spiro atoms. The number of carboxylic acid groups (broad SMARTS) is 1.